The maximum absolute atomic E-state index is 12.6. The molecule has 1 amide bonds. The van der Waals surface area contributed by atoms with Crippen molar-refractivity contribution in [3.8, 4) is 0 Å². The summed E-state index contributed by atoms with van der Waals surface area (Å²) in [6.45, 7) is 7.35. The van der Waals surface area contributed by atoms with E-state index in [0.717, 1.165) is 37.2 Å². The topological polar surface area (TPSA) is 46.3 Å². The summed E-state index contributed by atoms with van der Waals surface area (Å²) in [6, 6.07) is 19.9. The van der Waals surface area contributed by atoms with Gasteiger partial charge >= 0.3 is 0 Å². The molecule has 0 aliphatic rings. The summed E-state index contributed by atoms with van der Waals surface area (Å²) in [5.41, 5.74) is 7.15. The van der Waals surface area contributed by atoms with Crippen LogP contribution in [0.15, 0.2) is 60.7 Å². The maximum atomic E-state index is 12.6. The number of hydrogen-bond acceptors (Lipinski definition) is 2. The number of carbonyl (C=O) groups excluding carboxylic acids is 1. The van der Waals surface area contributed by atoms with E-state index in [1.165, 1.54) is 0 Å². The Morgan fingerprint density at radius 2 is 1.36 bits per heavy atom. The molecule has 2 rings (SSSR count). The Kier molecular flexibility index (Phi) is 8.67. The van der Waals surface area contributed by atoms with Crippen molar-refractivity contribution < 1.29 is 4.79 Å². The van der Waals surface area contributed by atoms with Gasteiger partial charge in [0.05, 0.1) is 5.41 Å². The summed E-state index contributed by atoms with van der Waals surface area (Å²) in [5, 5.41) is 0. The van der Waals surface area contributed by atoms with Crippen LogP contribution in [0.4, 0.5) is 0 Å². The van der Waals surface area contributed by atoms with Gasteiger partial charge in [-0.05, 0) is 43.6 Å². The molecule has 0 unspecified atom stereocenters. The molecule has 0 spiro atoms. The van der Waals surface area contributed by atoms with E-state index in [9.17, 15) is 4.79 Å². The van der Waals surface area contributed by atoms with Gasteiger partial charge in [-0.1, -0.05) is 74.5 Å². The molecule has 0 heterocycles. The largest absolute Gasteiger partial charge is 0.369 e. The van der Waals surface area contributed by atoms with E-state index in [2.05, 4.69) is 18.7 Å². The molecule has 0 aliphatic carbocycles. The van der Waals surface area contributed by atoms with Gasteiger partial charge in [-0.25, -0.2) is 0 Å². The minimum atomic E-state index is -0.768. The molecule has 136 valence electrons. The third-order valence-corrected chi connectivity index (χ3v) is 4.87. The van der Waals surface area contributed by atoms with E-state index in [-0.39, 0.29) is 18.3 Å². The molecule has 0 aliphatic heterocycles. The molecule has 2 aromatic rings. The maximum Gasteiger partial charge on any atom is 0.232 e. The van der Waals surface area contributed by atoms with E-state index in [1.807, 2.05) is 60.7 Å². The Morgan fingerprint density at radius 3 is 1.72 bits per heavy atom. The lowest BCUT2D eigenvalue weighted by Crippen LogP contribution is -2.43. The van der Waals surface area contributed by atoms with Crippen LogP contribution in [0, 0.1) is 0 Å². The minimum absolute atomic E-state index is 0. The molecule has 25 heavy (non-hydrogen) atoms. The van der Waals surface area contributed by atoms with Crippen LogP contribution in [-0.4, -0.2) is 30.4 Å². The average molecular weight is 361 g/mol. The van der Waals surface area contributed by atoms with Crippen LogP contribution in [0.3, 0.4) is 0 Å². The van der Waals surface area contributed by atoms with Crippen molar-refractivity contribution in [1.29, 1.82) is 0 Å². The molecule has 0 radical (unpaired) electrons. The third-order valence-electron chi connectivity index (χ3n) is 4.87. The molecule has 4 heteroatoms. The van der Waals surface area contributed by atoms with Crippen molar-refractivity contribution in [3.63, 3.8) is 0 Å². The second kappa shape index (κ2) is 10.2. The summed E-state index contributed by atoms with van der Waals surface area (Å²) < 4.78 is 0. The van der Waals surface area contributed by atoms with E-state index in [1.54, 1.807) is 0 Å². The van der Waals surface area contributed by atoms with E-state index in [0.29, 0.717) is 6.42 Å². The Morgan fingerprint density at radius 1 is 0.920 bits per heavy atom. The van der Waals surface area contributed by atoms with Gasteiger partial charge < -0.3 is 10.6 Å². The van der Waals surface area contributed by atoms with Gasteiger partial charge in [0.1, 0.15) is 0 Å². The van der Waals surface area contributed by atoms with Gasteiger partial charge in [0.2, 0.25) is 5.91 Å². The quantitative estimate of drug-likeness (QED) is 0.734. The molecule has 0 aromatic heterocycles. The first kappa shape index (κ1) is 21.2. The zero-order valence-electron chi connectivity index (χ0n) is 15.2. The average Bonchev–Trinajstić information content (AvgIpc) is 2.63. The summed E-state index contributed by atoms with van der Waals surface area (Å²) in [7, 11) is 0. The van der Waals surface area contributed by atoms with Crippen LogP contribution in [0.1, 0.15) is 37.8 Å². The zero-order valence-corrected chi connectivity index (χ0v) is 16.0. The van der Waals surface area contributed by atoms with Crippen molar-refractivity contribution in [2.75, 3.05) is 19.6 Å². The fourth-order valence-electron chi connectivity index (χ4n) is 3.42. The van der Waals surface area contributed by atoms with Crippen LogP contribution >= 0.6 is 12.4 Å². The SMILES string of the molecule is CCN(CC)CCCC(C(N)=O)(c1ccccc1)c1ccccc1.Cl. The lowest BCUT2D eigenvalue weighted by molar-refractivity contribution is -0.122. The number of rotatable bonds is 9. The first-order valence-electron chi connectivity index (χ1n) is 8.78. The highest BCUT2D eigenvalue weighted by Gasteiger charge is 2.39. The highest BCUT2D eigenvalue weighted by Crippen LogP contribution is 2.36. The van der Waals surface area contributed by atoms with Crippen molar-refractivity contribution in [2.45, 2.75) is 32.1 Å². The Bertz CT molecular complexity index is 587. The first-order valence-corrected chi connectivity index (χ1v) is 8.78. The summed E-state index contributed by atoms with van der Waals surface area (Å²) in [4.78, 5) is 15.0. The number of hydrogen-bond donors (Lipinski definition) is 1. The van der Waals surface area contributed by atoms with Gasteiger partial charge in [-0.15, -0.1) is 12.4 Å². The predicted octanol–water partition coefficient (Wildman–Crippen LogP) is 4.00. The second-order valence-corrected chi connectivity index (χ2v) is 6.13. The third kappa shape index (κ3) is 4.83. The molecular formula is C21H29ClN2O. The Labute approximate surface area is 157 Å². The first-order chi connectivity index (χ1) is 11.6. The molecule has 2 N–H and O–H groups in total. The van der Waals surface area contributed by atoms with E-state index < -0.39 is 5.41 Å². The molecule has 0 bridgehead atoms. The predicted molar refractivity (Wildman–Crippen MR) is 107 cm³/mol. The number of nitrogens with two attached hydrogens (primary N) is 1. The van der Waals surface area contributed by atoms with E-state index in [4.69, 9.17) is 5.73 Å². The standard InChI is InChI=1S/C21H28N2O.ClH/c1-3-23(4-2)17-11-16-21(20(22)24,18-12-7-5-8-13-18)19-14-9-6-10-15-19;/h5-10,12-15H,3-4,11,16-17H2,1-2H3,(H2,22,24);1H. The number of benzene rings is 2. The number of halogens is 1. The van der Waals surface area contributed by atoms with Gasteiger partial charge in [0.25, 0.3) is 0 Å². The number of nitrogens with zero attached hydrogens (tertiary/aromatic N) is 1. The summed E-state index contributed by atoms with van der Waals surface area (Å²) in [6.07, 6.45) is 1.64. The van der Waals surface area contributed by atoms with Gasteiger partial charge in [0, 0.05) is 0 Å². The van der Waals surface area contributed by atoms with Crippen molar-refractivity contribution in [3.05, 3.63) is 71.8 Å². The molecule has 2 aromatic carbocycles. The zero-order chi connectivity index (χ0) is 17.4. The Balaban J connectivity index is 0.00000312. The molecule has 0 saturated carbocycles. The molecule has 3 nitrogen and oxygen atoms in total. The summed E-state index contributed by atoms with van der Waals surface area (Å²) >= 11 is 0. The molecular weight excluding hydrogens is 332 g/mol. The molecule has 0 fully saturated rings. The van der Waals surface area contributed by atoms with Gasteiger partial charge in [0.15, 0.2) is 0 Å². The van der Waals surface area contributed by atoms with Crippen LogP contribution in [-0.2, 0) is 10.2 Å². The van der Waals surface area contributed by atoms with Crippen molar-refractivity contribution in [2.24, 2.45) is 5.73 Å². The van der Waals surface area contributed by atoms with E-state index >= 15 is 0 Å². The second-order valence-electron chi connectivity index (χ2n) is 6.13. The summed E-state index contributed by atoms with van der Waals surface area (Å²) in [5.74, 6) is -0.278. The lowest BCUT2D eigenvalue weighted by Gasteiger charge is -2.33. The number of carbonyl (C=O) groups is 1. The Hall–Kier alpha value is -1.84. The molecule has 0 saturated heterocycles. The smallest absolute Gasteiger partial charge is 0.232 e. The van der Waals surface area contributed by atoms with Crippen molar-refractivity contribution >= 4 is 18.3 Å². The highest BCUT2D eigenvalue weighted by atomic mass is 35.5. The number of amides is 1. The number of primary amides is 1. The fourth-order valence-corrected chi connectivity index (χ4v) is 3.42. The normalized spacial score (nSPS) is 11.2. The molecule has 0 atom stereocenters. The van der Waals surface area contributed by atoms with Gasteiger partial charge in [-0.2, -0.15) is 0 Å². The van der Waals surface area contributed by atoms with Crippen LogP contribution in [0.25, 0.3) is 0 Å². The lowest BCUT2D eigenvalue weighted by atomic mass is 9.70. The monoisotopic (exact) mass is 360 g/mol. The van der Waals surface area contributed by atoms with Crippen LogP contribution < -0.4 is 5.73 Å². The van der Waals surface area contributed by atoms with Gasteiger partial charge in [-0.3, -0.25) is 4.79 Å². The van der Waals surface area contributed by atoms with Crippen molar-refractivity contribution in [1.82, 2.24) is 4.90 Å². The van der Waals surface area contributed by atoms with Crippen LogP contribution in [0.2, 0.25) is 0 Å². The minimum Gasteiger partial charge on any atom is -0.369 e. The highest BCUT2D eigenvalue weighted by molar-refractivity contribution is 5.90. The fraction of sp³-hybridized carbons (Fsp3) is 0.381. The van der Waals surface area contributed by atoms with Crippen LogP contribution in [0.5, 0.6) is 0 Å².